The molecule has 2 aliphatic heterocycles. The number of hydrogen-bond donors (Lipinski definition) is 1. The lowest BCUT2D eigenvalue weighted by Gasteiger charge is -2.32. The molecule has 9 heteroatoms. The van der Waals surface area contributed by atoms with Gasteiger partial charge in [-0.3, -0.25) is 4.98 Å². The van der Waals surface area contributed by atoms with Crippen molar-refractivity contribution in [1.82, 2.24) is 30.3 Å². The first kappa shape index (κ1) is 16.9. The molecular formula is C17H20F2N6O. The highest BCUT2D eigenvalue weighted by Crippen LogP contribution is 2.23. The summed E-state index contributed by atoms with van der Waals surface area (Å²) in [4.78, 5) is 8.97. The van der Waals surface area contributed by atoms with Gasteiger partial charge in [-0.1, -0.05) is 0 Å². The van der Waals surface area contributed by atoms with Gasteiger partial charge in [0.1, 0.15) is 0 Å². The molecule has 1 saturated heterocycles. The van der Waals surface area contributed by atoms with Crippen molar-refractivity contribution in [2.45, 2.75) is 31.9 Å². The highest BCUT2D eigenvalue weighted by Gasteiger charge is 2.23. The number of nitrogens with one attached hydrogen (secondary N) is 1. The number of rotatable bonds is 5. The molecule has 1 fully saturated rings. The topological polar surface area (TPSA) is 70.3 Å². The Morgan fingerprint density at radius 2 is 2.04 bits per heavy atom. The minimum atomic E-state index is -2.77. The zero-order chi connectivity index (χ0) is 17.9. The molecular weight excluding hydrogens is 342 g/mol. The molecule has 0 saturated carbocycles. The number of halogens is 2. The Labute approximate surface area is 149 Å². The van der Waals surface area contributed by atoms with Crippen LogP contribution in [-0.2, 0) is 6.54 Å². The molecule has 1 N–H and O–H groups in total. The lowest BCUT2D eigenvalue weighted by molar-refractivity contribution is 0.116. The van der Waals surface area contributed by atoms with E-state index in [0.717, 1.165) is 38.3 Å². The summed E-state index contributed by atoms with van der Waals surface area (Å²) in [5.74, 6) is -0.623. The maximum atomic E-state index is 12.5. The summed E-state index contributed by atoms with van der Waals surface area (Å²) in [5, 5.41) is 10.3. The van der Waals surface area contributed by atoms with Crippen molar-refractivity contribution in [2.75, 3.05) is 19.8 Å². The van der Waals surface area contributed by atoms with Crippen LogP contribution in [0.1, 0.15) is 30.9 Å². The Kier molecular flexibility index (Phi) is 4.79. The summed E-state index contributed by atoms with van der Waals surface area (Å²) >= 11 is 0. The van der Waals surface area contributed by atoms with Crippen LogP contribution in [0.3, 0.4) is 0 Å². The number of piperidine rings is 1. The fourth-order valence-electron chi connectivity index (χ4n) is 3.25. The summed E-state index contributed by atoms with van der Waals surface area (Å²) < 4.78 is 30.0. The third-order valence-corrected chi connectivity index (χ3v) is 4.66. The Hall–Kier alpha value is -2.55. The van der Waals surface area contributed by atoms with Crippen molar-refractivity contribution in [2.24, 2.45) is 0 Å². The van der Waals surface area contributed by atoms with E-state index >= 15 is 0 Å². The molecule has 0 unspecified atom stereocenters. The summed E-state index contributed by atoms with van der Waals surface area (Å²) in [6.45, 7) is 3.68. The third kappa shape index (κ3) is 3.67. The standard InChI is InChI=1S/C17H20F2N6O/c18-15(19)17-23-22-16(26-17)12-1-2-13(21-9-12)10-24-7-8-25(11-24)14-3-5-20-6-4-14/h1-2,7-9,14-15,20H,3-6,10-11H2. The van der Waals surface area contributed by atoms with Gasteiger partial charge in [0.05, 0.1) is 24.5 Å². The fourth-order valence-corrected chi connectivity index (χ4v) is 3.25. The Bertz CT molecular complexity index is 757. The molecule has 0 atom stereocenters. The van der Waals surface area contributed by atoms with E-state index in [0.29, 0.717) is 18.2 Å². The number of aromatic nitrogens is 3. The van der Waals surface area contributed by atoms with E-state index < -0.39 is 12.3 Å². The van der Waals surface area contributed by atoms with Crippen LogP contribution < -0.4 is 5.32 Å². The zero-order valence-corrected chi connectivity index (χ0v) is 14.2. The highest BCUT2D eigenvalue weighted by atomic mass is 19.3. The fraction of sp³-hybridized carbons (Fsp3) is 0.471. The summed E-state index contributed by atoms with van der Waals surface area (Å²) in [6, 6.07) is 4.20. The van der Waals surface area contributed by atoms with Crippen molar-refractivity contribution in [3.63, 3.8) is 0 Å². The van der Waals surface area contributed by atoms with Crippen molar-refractivity contribution >= 4 is 0 Å². The third-order valence-electron chi connectivity index (χ3n) is 4.66. The van der Waals surface area contributed by atoms with E-state index in [-0.39, 0.29) is 5.89 Å². The van der Waals surface area contributed by atoms with Gasteiger partial charge < -0.3 is 19.5 Å². The molecule has 0 spiro atoms. The maximum absolute atomic E-state index is 12.5. The van der Waals surface area contributed by atoms with Gasteiger partial charge in [-0.15, -0.1) is 10.2 Å². The number of nitrogens with zero attached hydrogens (tertiary/aromatic N) is 5. The number of hydrogen-bond acceptors (Lipinski definition) is 7. The second kappa shape index (κ2) is 7.36. The van der Waals surface area contributed by atoms with E-state index in [4.69, 9.17) is 4.42 Å². The molecule has 0 amide bonds. The van der Waals surface area contributed by atoms with E-state index in [1.165, 1.54) is 0 Å². The van der Waals surface area contributed by atoms with Gasteiger partial charge in [0, 0.05) is 24.6 Å². The van der Waals surface area contributed by atoms with Crippen molar-refractivity contribution in [3.8, 4) is 11.5 Å². The van der Waals surface area contributed by atoms with Crippen LogP contribution in [0.15, 0.2) is 35.1 Å². The van der Waals surface area contributed by atoms with E-state index in [9.17, 15) is 8.78 Å². The Balaban J connectivity index is 1.35. The van der Waals surface area contributed by atoms with Gasteiger partial charge in [-0.05, 0) is 38.1 Å². The van der Waals surface area contributed by atoms with Gasteiger partial charge >= 0.3 is 6.43 Å². The summed E-state index contributed by atoms with van der Waals surface area (Å²) in [6.07, 6.45) is 5.36. The monoisotopic (exact) mass is 362 g/mol. The van der Waals surface area contributed by atoms with Crippen molar-refractivity contribution in [1.29, 1.82) is 0 Å². The average Bonchev–Trinajstić information content (AvgIpc) is 3.33. The lowest BCUT2D eigenvalue weighted by Crippen LogP contribution is -2.41. The number of alkyl halides is 2. The molecule has 26 heavy (non-hydrogen) atoms. The summed E-state index contributed by atoms with van der Waals surface area (Å²) in [7, 11) is 0. The molecule has 4 rings (SSSR count). The number of pyridine rings is 1. The van der Waals surface area contributed by atoms with Crippen LogP contribution in [0.25, 0.3) is 11.5 Å². The molecule has 0 bridgehead atoms. The minimum absolute atomic E-state index is 0.0532. The highest BCUT2D eigenvalue weighted by molar-refractivity contribution is 5.50. The van der Waals surface area contributed by atoms with E-state index in [1.54, 1.807) is 12.3 Å². The first-order chi connectivity index (χ1) is 12.7. The molecule has 7 nitrogen and oxygen atoms in total. The second-order valence-electron chi connectivity index (χ2n) is 6.47. The van der Waals surface area contributed by atoms with Crippen LogP contribution in [0.4, 0.5) is 8.78 Å². The van der Waals surface area contributed by atoms with Gasteiger partial charge in [-0.25, -0.2) is 0 Å². The van der Waals surface area contributed by atoms with E-state index in [2.05, 4.69) is 42.7 Å². The molecule has 2 aromatic heterocycles. The van der Waals surface area contributed by atoms with Gasteiger partial charge in [0.15, 0.2) is 0 Å². The average molecular weight is 362 g/mol. The smallest absolute Gasteiger partial charge is 0.314 e. The predicted molar refractivity (Wildman–Crippen MR) is 89.8 cm³/mol. The van der Waals surface area contributed by atoms with Crippen molar-refractivity contribution in [3.05, 3.63) is 42.3 Å². The first-order valence-corrected chi connectivity index (χ1v) is 8.65. The minimum Gasteiger partial charge on any atom is -0.415 e. The van der Waals surface area contributed by atoms with Gasteiger partial charge in [-0.2, -0.15) is 8.78 Å². The van der Waals surface area contributed by atoms with E-state index in [1.807, 2.05) is 6.07 Å². The zero-order valence-electron chi connectivity index (χ0n) is 14.2. The van der Waals surface area contributed by atoms with Crippen LogP contribution in [0, 0.1) is 0 Å². The predicted octanol–water partition coefficient (Wildman–Crippen LogP) is 2.37. The largest absolute Gasteiger partial charge is 0.415 e. The molecule has 4 heterocycles. The van der Waals surface area contributed by atoms with Crippen LogP contribution in [0.2, 0.25) is 0 Å². The summed E-state index contributed by atoms with van der Waals surface area (Å²) in [5.41, 5.74) is 1.42. The van der Waals surface area contributed by atoms with Crippen molar-refractivity contribution < 1.29 is 13.2 Å². The first-order valence-electron chi connectivity index (χ1n) is 8.65. The van der Waals surface area contributed by atoms with Gasteiger partial charge in [0.2, 0.25) is 5.89 Å². The second-order valence-corrected chi connectivity index (χ2v) is 6.47. The quantitative estimate of drug-likeness (QED) is 0.876. The molecule has 0 radical (unpaired) electrons. The molecule has 138 valence electrons. The normalized spacial score (nSPS) is 18.3. The molecule has 2 aliphatic rings. The maximum Gasteiger partial charge on any atom is 0.314 e. The Morgan fingerprint density at radius 1 is 1.19 bits per heavy atom. The van der Waals surface area contributed by atoms with Gasteiger partial charge in [0.25, 0.3) is 5.89 Å². The van der Waals surface area contributed by atoms with Crippen LogP contribution in [0.5, 0.6) is 0 Å². The Morgan fingerprint density at radius 3 is 2.73 bits per heavy atom. The lowest BCUT2D eigenvalue weighted by atomic mass is 10.1. The molecule has 0 aliphatic carbocycles. The van der Waals surface area contributed by atoms with Crippen LogP contribution >= 0.6 is 0 Å². The SMILES string of the molecule is FC(F)c1nnc(-c2ccc(CN3C=CN(C4CCNCC4)C3)nc2)o1. The molecule has 2 aromatic rings. The molecule has 0 aromatic carbocycles. The van der Waals surface area contributed by atoms with Crippen LogP contribution in [-0.4, -0.2) is 50.8 Å².